The molecule has 0 radical (unpaired) electrons. The van der Waals surface area contributed by atoms with E-state index in [1.54, 1.807) is 31.3 Å². The van der Waals surface area contributed by atoms with Crippen molar-refractivity contribution in [3.05, 3.63) is 35.9 Å². The first-order valence-electron chi connectivity index (χ1n) is 6.30. The number of carbonyl (C=O) groups is 1. The first-order valence-corrected chi connectivity index (χ1v) is 8.12. The number of rotatable bonds is 7. The van der Waals surface area contributed by atoms with Crippen molar-refractivity contribution in [2.45, 2.75) is 18.6 Å². The van der Waals surface area contributed by atoms with Crippen LogP contribution >= 0.6 is 0 Å². The van der Waals surface area contributed by atoms with E-state index in [0.717, 1.165) is 5.56 Å². The van der Waals surface area contributed by atoms with Crippen LogP contribution in [0.15, 0.2) is 30.3 Å². The van der Waals surface area contributed by atoms with E-state index in [2.05, 4.69) is 0 Å². The summed E-state index contributed by atoms with van der Waals surface area (Å²) in [7, 11) is -1.72. The summed E-state index contributed by atoms with van der Waals surface area (Å²) in [6.07, 6.45) is 0.204. The first-order chi connectivity index (χ1) is 9.44. The summed E-state index contributed by atoms with van der Waals surface area (Å²) in [6, 6.07) is 10.8. The fourth-order valence-electron chi connectivity index (χ4n) is 1.68. The summed E-state index contributed by atoms with van der Waals surface area (Å²) >= 11 is 0. The van der Waals surface area contributed by atoms with Crippen LogP contribution in [0.1, 0.15) is 18.4 Å². The molecule has 1 aromatic rings. The van der Waals surface area contributed by atoms with E-state index in [9.17, 15) is 13.2 Å². The van der Waals surface area contributed by atoms with Gasteiger partial charge in [0.2, 0.25) is 5.91 Å². The van der Waals surface area contributed by atoms with Gasteiger partial charge in [0.1, 0.15) is 0 Å². The highest BCUT2D eigenvalue weighted by Gasteiger charge is 2.16. The van der Waals surface area contributed by atoms with Gasteiger partial charge in [0.15, 0.2) is 9.84 Å². The highest BCUT2D eigenvalue weighted by molar-refractivity contribution is 7.90. The minimum Gasteiger partial charge on any atom is -0.345 e. The van der Waals surface area contributed by atoms with Crippen LogP contribution in [0, 0.1) is 11.3 Å². The number of carbonyl (C=O) groups excluding carboxylic acids is 1. The Labute approximate surface area is 119 Å². The molecule has 0 aliphatic carbocycles. The third-order valence-electron chi connectivity index (χ3n) is 2.84. The fraction of sp³-hybridized carbons (Fsp3) is 0.429. The summed E-state index contributed by atoms with van der Waals surface area (Å²) in [4.78, 5) is 13.1. The summed E-state index contributed by atoms with van der Waals surface area (Å²) in [6.45, 7) is 0.327. The molecule has 1 rings (SSSR count). The summed E-state index contributed by atoms with van der Waals surface area (Å²) < 4.78 is 23.8. The van der Waals surface area contributed by atoms with E-state index in [1.807, 2.05) is 12.1 Å². The number of sulfone groups is 1. The van der Waals surface area contributed by atoms with Gasteiger partial charge in [0.25, 0.3) is 0 Å². The maximum atomic E-state index is 11.9. The van der Waals surface area contributed by atoms with E-state index in [1.165, 1.54) is 4.90 Å². The average Bonchev–Trinajstić information content (AvgIpc) is 2.42. The van der Waals surface area contributed by atoms with Crippen LogP contribution < -0.4 is 0 Å². The molecule has 0 fully saturated rings. The van der Waals surface area contributed by atoms with Gasteiger partial charge in [0.05, 0.1) is 24.0 Å². The van der Waals surface area contributed by atoms with Gasteiger partial charge in [-0.2, -0.15) is 5.26 Å². The lowest BCUT2D eigenvalue weighted by atomic mass is 10.2. The molecule has 0 saturated heterocycles. The zero-order chi connectivity index (χ0) is 15.0. The molecule has 0 bridgehead atoms. The fourth-order valence-corrected chi connectivity index (χ4v) is 3.01. The van der Waals surface area contributed by atoms with Crippen molar-refractivity contribution < 1.29 is 13.2 Å². The molecule has 1 aromatic carbocycles. The smallest absolute Gasteiger partial charge is 0.223 e. The molecule has 0 spiro atoms. The molecule has 0 N–H and O–H groups in total. The molecule has 0 saturated carbocycles. The Morgan fingerprint density at radius 3 is 2.55 bits per heavy atom. The molecule has 6 heteroatoms. The third-order valence-corrected chi connectivity index (χ3v) is 4.44. The standard InChI is InChI=1S/C14H18N2O3S/c1-16(10-5-9-15)14(17)8-11-20(18,19)12-13-6-3-2-4-7-13/h2-4,6-7H,5,8,10-12H2,1H3. The summed E-state index contributed by atoms with van der Waals surface area (Å²) in [5.74, 6) is -0.474. The Balaban J connectivity index is 2.48. The van der Waals surface area contributed by atoms with Crippen LogP contribution in [0.5, 0.6) is 0 Å². The lowest BCUT2D eigenvalue weighted by Gasteiger charge is -2.15. The maximum absolute atomic E-state index is 11.9. The lowest BCUT2D eigenvalue weighted by Crippen LogP contribution is -2.29. The second-order valence-electron chi connectivity index (χ2n) is 4.55. The zero-order valence-corrected chi connectivity index (χ0v) is 12.3. The molecular weight excluding hydrogens is 276 g/mol. The van der Waals surface area contributed by atoms with Crippen LogP contribution in [0.4, 0.5) is 0 Å². The van der Waals surface area contributed by atoms with E-state index in [0.29, 0.717) is 6.54 Å². The Morgan fingerprint density at radius 1 is 1.30 bits per heavy atom. The van der Waals surface area contributed by atoms with Crippen molar-refractivity contribution in [3.63, 3.8) is 0 Å². The van der Waals surface area contributed by atoms with Crippen molar-refractivity contribution in [2.24, 2.45) is 0 Å². The first kappa shape index (κ1) is 16.2. The molecule has 20 heavy (non-hydrogen) atoms. The van der Waals surface area contributed by atoms with Crippen LogP contribution in [0.25, 0.3) is 0 Å². The third kappa shape index (κ3) is 5.85. The molecule has 5 nitrogen and oxygen atoms in total. The van der Waals surface area contributed by atoms with Gasteiger partial charge in [0, 0.05) is 20.0 Å². The van der Waals surface area contributed by atoms with Crippen LogP contribution in [-0.2, 0) is 20.4 Å². The van der Waals surface area contributed by atoms with E-state index in [4.69, 9.17) is 5.26 Å². The second-order valence-corrected chi connectivity index (χ2v) is 6.74. The van der Waals surface area contributed by atoms with Crippen LogP contribution in [0.3, 0.4) is 0 Å². The number of nitrogens with zero attached hydrogens (tertiary/aromatic N) is 2. The van der Waals surface area contributed by atoms with Gasteiger partial charge in [-0.25, -0.2) is 8.42 Å². The Kier molecular flexibility index (Phi) is 6.19. The monoisotopic (exact) mass is 294 g/mol. The SMILES string of the molecule is CN(CCC#N)C(=O)CCS(=O)(=O)Cc1ccccc1. The number of benzene rings is 1. The molecule has 0 aliphatic rings. The van der Waals surface area contributed by atoms with Crippen molar-refractivity contribution >= 4 is 15.7 Å². The quantitative estimate of drug-likeness (QED) is 0.760. The van der Waals surface area contributed by atoms with E-state index in [-0.39, 0.29) is 30.3 Å². The number of hydrogen-bond acceptors (Lipinski definition) is 4. The molecule has 0 heterocycles. The lowest BCUT2D eigenvalue weighted by molar-refractivity contribution is -0.129. The van der Waals surface area contributed by atoms with Crippen LogP contribution in [-0.4, -0.2) is 38.6 Å². The Hall–Kier alpha value is -1.87. The van der Waals surface area contributed by atoms with Crippen LogP contribution in [0.2, 0.25) is 0 Å². The second kappa shape index (κ2) is 7.65. The number of nitriles is 1. The minimum atomic E-state index is -3.30. The summed E-state index contributed by atoms with van der Waals surface area (Å²) in [5.41, 5.74) is 0.720. The van der Waals surface area contributed by atoms with Crippen molar-refractivity contribution in [1.29, 1.82) is 5.26 Å². The maximum Gasteiger partial charge on any atom is 0.223 e. The zero-order valence-electron chi connectivity index (χ0n) is 11.4. The number of amides is 1. The normalized spacial score (nSPS) is 10.8. The van der Waals surface area contributed by atoms with Crippen molar-refractivity contribution in [1.82, 2.24) is 4.90 Å². The molecule has 108 valence electrons. The van der Waals surface area contributed by atoms with Gasteiger partial charge in [-0.3, -0.25) is 4.79 Å². The van der Waals surface area contributed by atoms with Gasteiger partial charge in [-0.15, -0.1) is 0 Å². The molecule has 0 atom stereocenters. The van der Waals surface area contributed by atoms with Crippen molar-refractivity contribution in [2.75, 3.05) is 19.3 Å². The highest BCUT2D eigenvalue weighted by atomic mass is 32.2. The van der Waals surface area contributed by atoms with Gasteiger partial charge < -0.3 is 4.90 Å². The highest BCUT2D eigenvalue weighted by Crippen LogP contribution is 2.08. The van der Waals surface area contributed by atoms with Gasteiger partial charge in [-0.05, 0) is 5.56 Å². The Morgan fingerprint density at radius 2 is 1.95 bits per heavy atom. The van der Waals surface area contributed by atoms with E-state index < -0.39 is 9.84 Å². The molecular formula is C14H18N2O3S. The largest absolute Gasteiger partial charge is 0.345 e. The van der Waals surface area contributed by atoms with Crippen molar-refractivity contribution in [3.8, 4) is 6.07 Å². The molecule has 0 unspecified atom stereocenters. The predicted molar refractivity (Wildman–Crippen MR) is 76.4 cm³/mol. The molecule has 0 aliphatic heterocycles. The molecule has 1 amide bonds. The average molecular weight is 294 g/mol. The number of hydrogen-bond donors (Lipinski definition) is 0. The topological polar surface area (TPSA) is 78.2 Å². The predicted octanol–water partition coefficient (Wildman–Crippen LogP) is 1.36. The minimum absolute atomic E-state index is 0.0445. The molecule has 0 aromatic heterocycles. The van der Waals surface area contributed by atoms with Gasteiger partial charge >= 0.3 is 0 Å². The van der Waals surface area contributed by atoms with E-state index >= 15 is 0 Å². The Bertz CT molecular complexity index is 576. The van der Waals surface area contributed by atoms with Gasteiger partial charge in [-0.1, -0.05) is 30.3 Å². The summed E-state index contributed by atoms with van der Waals surface area (Å²) in [5, 5.41) is 8.44.